The summed E-state index contributed by atoms with van der Waals surface area (Å²) in [5.74, 6) is 1.16. The maximum atomic E-state index is 4.54. The van der Waals surface area contributed by atoms with Gasteiger partial charge in [-0.05, 0) is 31.5 Å². The molecule has 1 aromatic heterocycles. The molecule has 0 bridgehead atoms. The van der Waals surface area contributed by atoms with Gasteiger partial charge in [-0.1, -0.05) is 44.2 Å². The number of hydrogen-bond donors (Lipinski definition) is 0. The highest BCUT2D eigenvalue weighted by molar-refractivity contribution is 5.15. The van der Waals surface area contributed by atoms with Gasteiger partial charge in [0.05, 0.1) is 6.54 Å². The lowest BCUT2D eigenvalue weighted by atomic mass is 10.2. The van der Waals surface area contributed by atoms with Crippen molar-refractivity contribution in [2.24, 2.45) is 0 Å². The van der Waals surface area contributed by atoms with E-state index in [9.17, 15) is 0 Å². The van der Waals surface area contributed by atoms with E-state index in [2.05, 4.69) is 64.8 Å². The summed E-state index contributed by atoms with van der Waals surface area (Å²) in [5, 5.41) is 0. The molecule has 20 heavy (non-hydrogen) atoms. The van der Waals surface area contributed by atoms with Gasteiger partial charge in [0.15, 0.2) is 0 Å². The second-order valence-electron chi connectivity index (χ2n) is 5.23. The summed E-state index contributed by atoms with van der Waals surface area (Å²) < 4.78 is 2.26. The zero-order valence-electron chi connectivity index (χ0n) is 12.6. The summed E-state index contributed by atoms with van der Waals surface area (Å²) in [6, 6.07) is 10.6. The minimum Gasteiger partial charge on any atom is -0.329 e. The van der Waals surface area contributed by atoms with Crippen LogP contribution in [0.3, 0.4) is 0 Å². The normalized spacial score (nSPS) is 11.2. The van der Waals surface area contributed by atoms with Crippen LogP contribution in [0.15, 0.2) is 42.7 Å². The van der Waals surface area contributed by atoms with E-state index in [4.69, 9.17) is 0 Å². The Labute approximate surface area is 122 Å². The highest BCUT2D eigenvalue weighted by atomic mass is 15.2. The molecule has 2 aromatic rings. The molecule has 0 unspecified atom stereocenters. The quantitative estimate of drug-likeness (QED) is 0.732. The van der Waals surface area contributed by atoms with Crippen molar-refractivity contribution in [1.29, 1.82) is 0 Å². The van der Waals surface area contributed by atoms with Crippen LogP contribution in [0.2, 0.25) is 0 Å². The maximum absolute atomic E-state index is 4.54. The van der Waals surface area contributed by atoms with Gasteiger partial charge in [-0.3, -0.25) is 4.90 Å². The fraction of sp³-hybridized carbons (Fsp3) is 0.471. The van der Waals surface area contributed by atoms with Crippen molar-refractivity contribution in [3.05, 3.63) is 54.1 Å². The lowest BCUT2D eigenvalue weighted by Crippen LogP contribution is -2.26. The third-order valence-corrected chi connectivity index (χ3v) is 3.44. The molecule has 0 amide bonds. The lowest BCUT2D eigenvalue weighted by Gasteiger charge is -2.21. The van der Waals surface area contributed by atoms with Crippen LogP contribution in [-0.2, 0) is 13.1 Å². The van der Waals surface area contributed by atoms with Crippen molar-refractivity contribution in [2.75, 3.05) is 13.1 Å². The van der Waals surface area contributed by atoms with Gasteiger partial charge in [0.1, 0.15) is 5.82 Å². The zero-order chi connectivity index (χ0) is 14.2. The molecular formula is C17H25N3. The third-order valence-electron chi connectivity index (χ3n) is 3.44. The van der Waals surface area contributed by atoms with Crippen LogP contribution >= 0.6 is 0 Å². The molecule has 0 radical (unpaired) electrons. The summed E-state index contributed by atoms with van der Waals surface area (Å²) in [4.78, 5) is 7.03. The summed E-state index contributed by atoms with van der Waals surface area (Å²) in [5.41, 5.74) is 1.32. The fourth-order valence-electron chi connectivity index (χ4n) is 2.52. The average molecular weight is 271 g/mol. The van der Waals surface area contributed by atoms with Crippen LogP contribution < -0.4 is 0 Å². The number of benzene rings is 1. The topological polar surface area (TPSA) is 21.1 Å². The van der Waals surface area contributed by atoms with Gasteiger partial charge in [0, 0.05) is 18.9 Å². The van der Waals surface area contributed by atoms with Crippen molar-refractivity contribution in [2.45, 2.75) is 39.8 Å². The Bertz CT molecular complexity index is 484. The van der Waals surface area contributed by atoms with Crippen LogP contribution in [-0.4, -0.2) is 27.5 Å². The Hall–Kier alpha value is -1.61. The molecule has 0 N–H and O–H groups in total. The zero-order valence-corrected chi connectivity index (χ0v) is 12.6. The first-order chi connectivity index (χ1) is 9.83. The molecule has 1 aromatic carbocycles. The van der Waals surface area contributed by atoms with E-state index in [1.54, 1.807) is 0 Å². The van der Waals surface area contributed by atoms with Crippen molar-refractivity contribution >= 4 is 0 Å². The molecule has 0 aliphatic carbocycles. The second-order valence-corrected chi connectivity index (χ2v) is 5.23. The van der Waals surface area contributed by atoms with E-state index in [0.29, 0.717) is 0 Å². The second kappa shape index (κ2) is 7.85. The predicted octanol–water partition coefficient (Wildman–Crippen LogP) is 3.55. The van der Waals surface area contributed by atoms with Gasteiger partial charge in [-0.25, -0.2) is 4.98 Å². The molecule has 3 heteroatoms. The van der Waals surface area contributed by atoms with Crippen LogP contribution in [0.1, 0.15) is 38.1 Å². The minimum atomic E-state index is 0.905. The number of hydrogen-bond acceptors (Lipinski definition) is 2. The SMILES string of the molecule is CCCN(CCC)Cc1nccn1Cc1ccccc1. The molecule has 2 rings (SSSR count). The number of nitrogens with zero attached hydrogens (tertiary/aromatic N) is 3. The van der Waals surface area contributed by atoms with Gasteiger partial charge < -0.3 is 4.57 Å². The molecule has 1 heterocycles. The van der Waals surface area contributed by atoms with Crippen LogP contribution in [0.4, 0.5) is 0 Å². The summed E-state index contributed by atoms with van der Waals surface area (Å²) in [7, 11) is 0. The largest absolute Gasteiger partial charge is 0.329 e. The van der Waals surface area contributed by atoms with Gasteiger partial charge in [-0.2, -0.15) is 0 Å². The predicted molar refractivity (Wildman–Crippen MR) is 83.6 cm³/mol. The highest BCUT2D eigenvalue weighted by Gasteiger charge is 2.09. The monoisotopic (exact) mass is 271 g/mol. The third kappa shape index (κ3) is 4.20. The van der Waals surface area contributed by atoms with E-state index in [1.165, 1.54) is 18.4 Å². The van der Waals surface area contributed by atoms with E-state index in [1.807, 2.05) is 6.20 Å². The van der Waals surface area contributed by atoms with Crippen LogP contribution in [0, 0.1) is 0 Å². The Kier molecular flexibility index (Phi) is 5.81. The van der Waals surface area contributed by atoms with E-state index in [0.717, 1.165) is 32.0 Å². The summed E-state index contributed by atoms with van der Waals surface area (Å²) in [6.07, 6.45) is 6.38. The molecule has 0 saturated carbocycles. The van der Waals surface area contributed by atoms with Crippen molar-refractivity contribution in [3.63, 3.8) is 0 Å². The molecule has 108 valence electrons. The molecular weight excluding hydrogens is 246 g/mol. The average Bonchev–Trinajstić information content (AvgIpc) is 2.88. The van der Waals surface area contributed by atoms with E-state index in [-0.39, 0.29) is 0 Å². The van der Waals surface area contributed by atoms with Gasteiger partial charge in [0.25, 0.3) is 0 Å². The molecule has 0 fully saturated rings. The molecule has 0 aliphatic rings. The number of rotatable bonds is 8. The van der Waals surface area contributed by atoms with E-state index < -0.39 is 0 Å². The molecule has 0 spiro atoms. The molecule has 0 aliphatic heterocycles. The van der Waals surface area contributed by atoms with Crippen molar-refractivity contribution in [3.8, 4) is 0 Å². The first-order valence-electron chi connectivity index (χ1n) is 7.59. The first-order valence-corrected chi connectivity index (χ1v) is 7.59. The molecule has 0 atom stereocenters. The highest BCUT2D eigenvalue weighted by Crippen LogP contribution is 2.08. The molecule has 3 nitrogen and oxygen atoms in total. The smallest absolute Gasteiger partial charge is 0.123 e. The van der Waals surface area contributed by atoms with Gasteiger partial charge in [-0.15, -0.1) is 0 Å². The van der Waals surface area contributed by atoms with Gasteiger partial charge >= 0.3 is 0 Å². The lowest BCUT2D eigenvalue weighted by molar-refractivity contribution is 0.257. The van der Waals surface area contributed by atoms with E-state index >= 15 is 0 Å². The summed E-state index contributed by atoms with van der Waals surface area (Å²) in [6.45, 7) is 8.61. The van der Waals surface area contributed by atoms with Crippen molar-refractivity contribution in [1.82, 2.24) is 14.5 Å². The standard InChI is InChI=1S/C17H25N3/c1-3-11-19(12-4-2)15-17-18-10-13-20(17)14-16-8-6-5-7-9-16/h5-10,13H,3-4,11-12,14-15H2,1-2H3. The van der Waals surface area contributed by atoms with Gasteiger partial charge in [0.2, 0.25) is 0 Å². The Morgan fingerprint density at radius 1 is 1.05 bits per heavy atom. The maximum Gasteiger partial charge on any atom is 0.123 e. The first kappa shape index (κ1) is 14.8. The number of imidazole rings is 1. The Morgan fingerprint density at radius 2 is 1.75 bits per heavy atom. The summed E-state index contributed by atoms with van der Waals surface area (Å²) >= 11 is 0. The molecule has 0 saturated heterocycles. The number of aromatic nitrogens is 2. The Balaban J connectivity index is 2.04. The van der Waals surface area contributed by atoms with Crippen molar-refractivity contribution < 1.29 is 0 Å². The van der Waals surface area contributed by atoms with Crippen LogP contribution in [0.5, 0.6) is 0 Å². The fourth-order valence-corrected chi connectivity index (χ4v) is 2.52. The Morgan fingerprint density at radius 3 is 2.40 bits per heavy atom. The van der Waals surface area contributed by atoms with Crippen LogP contribution in [0.25, 0.3) is 0 Å². The minimum absolute atomic E-state index is 0.905.